The highest BCUT2D eigenvalue weighted by atomic mass is 32.1. The molecule has 4 nitrogen and oxygen atoms in total. The van der Waals surface area contributed by atoms with E-state index in [2.05, 4.69) is 0 Å². The quantitative estimate of drug-likeness (QED) is 0.594. The Morgan fingerprint density at radius 1 is 1.29 bits per heavy atom. The van der Waals surface area contributed by atoms with Crippen LogP contribution in [0.3, 0.4) is 0 Å². The van der Waals surface area contributed by atoms with Gasteiger partial charge in [0.25, 0.3) is 0 Å². The minimum absolute atomic E-state index is 0.0155. The van der Waals surface area contributed by atoms with Crippen molar-refractivity contribution in [1.82, 2.24) is 9.80 Å². The second-order valence-electron chi connectivity index (χ2n) is 3.86. The molecule has 0 atom stereocenters. The maximum absolute atomic E-state index is 11.8. The topological polar surface area (TPSA) is 40.6 Å². The number of hydrogen-bond donors (Lipinski definition) is 0. The van der Waals surface area contributed by atoms with Crippen LogP contribution in [0.15, 0.2) is 22.9 Å². The van der Waals surface area contributed by atoms with Gasteiger partial charge in [-0.3, -0.25) is 9.59 Å². The van der Waals surface area contributed by atoms with Crippen LogP contribution in [-0.2, 0) is 9.59 Å². The van der Waals surface area contributed by atoms with Gasteiger partial charge >= 0.3 is 0 Å². The molecule has 0 N–H and O–H groups in total. The molecule has 0 spiro atoms. The monoisotopic (exact) mass is 250 g/mol. The van der Waals surface area contributed by atoms with Crippen molar-refractivity contribution in [3.63, 3.8) is 0 Å². The first-order valence-electron chi connectivity index (χ1n) is 5.48. The summed E-state index contributed by atoms with van der Waals surface area (Å²) in [5, 5.41) is 3.97. The summed E-state index contributed by atoms with van der Waals surface area (Å²) in [5.41, 5.74) is 1.05. The highest BCUT2D eigenvalue weighted by Gasteiger charge is 2.17. The highest BCUT2D eigenvalue weighted by Crippen LogP contribution is 2.08. The fraction of sp³-hybridized carbons (Fsp3) is 0.333. The van der Waals surface area contributed by atoms with Crippen molar-refractivity contribution >= 4 is 29.7 Å². The van der Waals surface area contributed by atoms with E-state index in [1.54, 1.807) is 27.2 Å². The summed E-state index contributed by atoms with van der Waals surface area (Å²) in [7, 11) is 0. The lowest BCUT2D eigenvalue weighted by atomic mass is 10.2. The van der Waals surface area contributed by atoms with E-state index < -0.39 is 0 Å². The fourth-order valence-electron chi connectivity index (χ4n) is 1.69. The van der Waals surface area contributed by atoms with Gasteiger partial charge in [0.05, 0.1) is 0 Å². The maximum Gasteiger partial charge on any atom is 0.246 e. The largest absolute Gasteiger partial charge is 0.342 e. The second kappa shape index (κ2) is 5.63. The highest BCUT2D eigenvalue weighted by molar-refractivity contribution is 7.08. The van der Waals surface area contributed by atoms with Crippen LogP contribution < -0.4 is 0 Å². The summed E-state index contributed by atoms with van der Waals surface area (Å²) >= 11 is 1.61. The first-order valence-corrected chi connectivity index (χ1v) is 6.42. The van der Waals surface area contributed by atoms with Crippen LogP contribution in [0.4, 0.5) is 0 Å². The molecule has 0 bridgehead atoms. The molecular weight excluding hydrogens is 236 g/mol. The van der Waals surface area contributed by atoms with Crippen molar-refractivity contribution in [2.45, 2.75) is 0 Å². The Balaban J connectivity index is 1.87. The molecule has 90 valence electrons. The van der Waals surface area contributed by atoms with Gasteiger partial charge in [-0.15, -0.1) is 0 Å². The number of rotatable bonds is 3. The fourth-order valence-corrected chi connectivity index (χ4v) is 2.32. The number of carbonyl (C=O) groups is 2. The number of hydrogen-bond acceptors (Lipinski definition) is 3. The molecule has 2 heterocycles. The molecule has 5 heteroatoms. The van der Waals surface area contributed by atoms with E-state index in [0.29, 0.717) is 26.2 Å². The van der Waals surface area contributed by atoms with E-state index in [1.807, 2.05) is 22.9 Å². The molecular formula is C12H14N2O2S. The number of amides is 2. The van der Waals surface area contributed by atoms with Crippen LogP contribution in [0.25, 0.3) is 6.08 Å². The summed E-state index contributed by atoms with van der Waals surface area (Å²) < 4.78 is 0. The van der Waals surface area contributed by atoms with Crippen LogP contribution >= 0.6 is 11.3 Å². The third kappa shape index (κ3) is 3.17. The third-order valence-electron chi connectivity index (χ3n) is 2.74. The molecule has 0 unspecified atom stereocenters. The van der Waals surface area contributed by atoms with E-state index in [1.165, 1.54) is 0 Å². The van der Waals surface area contributed by atoms with Crippen molar-refractivity contribution in [1.29, 1.82) is 0 Å². The van der Waals surface area contributed by atoms with Crippen molar-refractivity contribution < 1.29 is 9.59 Å². The lowest BCUT2D eigenvalue weighted by Gasteiger charge is -2.31. The van der Waals surface area contributed by atoms with Crippen LogP contribution in [0.1, 0.15) is 5.56 Å². The number of piperazine rings is 1. The summed E-state index contributed by atoms with van der Waals surface area (Å²) in [6.07, 6.45) is 4.26. The van der Waals surface area contributed by atoms with Gasteiger partial charge in [-0.25, -0.2) is 0 Å². The molecule has 0 aromatic carbocycles. The van der Waals surface area contributed by atoms with Gasteiger partial charge in [0.2, 0.25) is 12.3 Å². The van der Waals surface area contributed by atoms with Crippen molar-refractivity contribution in [3.8, 4) is 0 Å². The molecule has 1 fully saturated rings. The Kier molecular flexibility index (Phi) is 3.93. The van der Waals surface area contributed by atoms with Crippen molar-refractivity contribution in [3.05, 3.63) is 28.5 Å². The summed E-state index contributed by atoms with van der Waals surface area (Å²) in [6, 6.07) is 1.97. The first-order chi connectivity index (χ1) is 8.29. The average molecular weight is 250 g/mol. The Hall–Kier alpha value is -1.62. The molecule has 1 aliphatic rings. The van der Waals surface area contributed by atoms with Crippen molar-refractivity contribution in [2.24, 2.45) is 0 Å². The lowest BCUT2D eigenvalue weighted by molar-refractivity contribution is -0.130. The number of thiophene rings is 1. The van der Waals surface area contributed by atoms with Crippen LogP contribution in [0, 0.1) is 0 Å². The van der Waals surface area contributed by atoms with Crippen LogP contribution in [0.5, 0.6) is 0 Å². The molecule has 17 heavy (non-hydrogen) atoms. The Labute approximate surface area is 104 Å². The predicted molar refractivity (Wildman–Crippen MR) is 67.6 cm³/mol. The molecule has 1 saturated heterocycles. The zero-order chi connectivity index (χ0) is 12.1. The molecule has 1 aliphatic heterocycles. The molecule has 2 rings (SSSR count). The van der Waals surface area contributed by atoms with E-state index in [-0.39, 0.29) is 5.91 Å². The standard InChI is InChI=1S/C12H14N2O2S/c15-10-13-4-6-14(7-5-13)12(16)2-1-11-3-8-17-9-11/h1-3,8-10H,4-7H2/b2-1+. The SMILES string of the molecule is O=CN1CCN(C(=O)/C=C/c2ccsc2)CC1. The van der Waals surface area contributed by atoms with Crippen LogP contribution in [-0.4, -0.2) is 48.3 Å². The zero-order valence-corrected chi connectivity index (χ0v) is 10.2. The minimum atomic E-state index is 0.0155. The number of carbonyl (C=O) groups excluding carboxylic acids is 2. The van der Waals surface area contributed by atoms with Gasteiger partial charge in [-0.2, -0.15) is 11.3 Å². The maximum atomic E-state index is 11.8. The predicted octanol–water partition coefficient (Wildman–Crippen LogP) is 1.06. The zero-order valence-electron chi connectivity index (χ0n) is 9.41. The smallest absolute Gasteiger partial charge is 0.246 e. The Bertz CT molecular complexity index is 406. The van der Waals surface area contributed by atoms with E-state index >= 15 is 0 Å². The molecule has 0 radical (unpaired) electrons. The minimum Gasteiger partial charge on any atom is -0.342 e. The molecule has 2 amide bonds. The molecule has 0 aliphatic carbocycles. The Morgan fingerprint density at radius 2 is 2.06 bits per heavy atom. The lowest BCUT2D eigenvalue weighted by Crippen LogP contribution is -2.47. The van der Waals surface area contributed by atoms with E-state index in [4.69, 9.17) is 0 Å². The molecule has 0 saturated carbocycles. The number of nitrogens with zero attached hydrogens (tertiary/aromatic N) is 2. The first kappa shape index (κ1) is 11.9. The van der Waals surface area contributed by atoms with Gasteiger partial charge < -0.3 is 9.80 Å². The van der Waals surface area contributed by atoms with E-state index in [9.17, 15) is 9.59 Å². The second-order valence-corrected chi connectivity index (χ2v) is 4.64. The average Bonchev–Trinajstić information content (AvgIpc) is 2.89. The van der Waals surface area contributed by atoms with Gasteiger partial charge in [0, 0.05) is 32.3 Å². The summed E-state index contributed by atoms with van der Waals surface area (Å²) in [6.45, 7) is 2.49. The van der Waals surface area contributed by atoms with Crippen molar-refractivity contribution in [2.75, 3.05) is 26.2 Å². The summed E-state index contributed by atoms with van der Waals surface area (Å²) in [5.74, 6) is 0.0155. The Morgan fingerprint density at radius 3 is 2.65 bits per heavy atom. The molecule has 1 aromatic heterocycles. The van der Waals surface area contributed by atoms with Gasteiger partial charge in [0.15, 0.2) is 0 Å². The van der Waals surface area contributed by atoms with E-state index in [0.717, 1.165) is 12.0 Å². The van der Waals surface area contributed by atoms with Gasteiger partial charge in [0.1, 0.15) is 0 Å². The molecule has 1 aromatic rings. The van der Waals surface area contributed by atoms with Gasteiger partial charge in [-0.1, -0.05) is 0 Å². The third-order valence-corrected chi connectivity index (χ3v) is 3.44. The van der Waals surface area contributed by atoms with Crippen LogP contribution in [0.2, 0.25) is 0 Å². The van der Waals surface area contributed by atoms with Gasteiger partial charge in [-0.05, 0) is 28.5 Å². The normalized spacial score (nSPS) is 16.5. The summed E-state index contributed by atoms with van der Waals surface area (Å²) in [4.78, 5) is 25.8.